The Labute approximate surface area is 208 Å². The molecule has 0 fully saturated rings. The summed E-state index contributed by atoms with van der Waals surface area (Å²) in [6, 6.07) is 12.4. The molecule has 0 aliphatic rings. The van der Waals surface area contributed by atoms with Gasteiger partial charge in [0.2, 0.25) is 11.8 Å². The van der Waals surface area contributed by atoms with Crippen LogP contribution in [0.4, 0.5) is 11.4 Å². The van der Waals surface area contributed by atoms with E-state index in [9.17, 15) is 9.59 Å². The fraction of sp³-hybridized carbons (Fsp3) is 0.333. The second kappa shape index (κ2) is 12.1. The van der Waals surface area contributed by atoms with Crippen LogP contribution in [0.2, 0.25) is 0 Å². The minimum Gasteiger partial charge on any atom is -0.497 e. The second-order valence-corrected chi connectivity index (χ2v) is 8.40. The molecule has 2 aromatic carbocycles. The quantitative estimate of drug-likeness (QED) is 0.378. The maximum atomic E-state index is 12.6. The molecular formula is C24H29N5O5S. The Balaban J connectivity index is 1.64. The Hall–Kier alpha value is -3.73. The molecule has 1 unspecified atom stereocenters. The highest BCUT2D eigenvalue weighted by molar-refractivity contribution is 7.99. The van der Waals surface area contributed by atoms with E-state index in [1.165, 1.54) is 25.8 Å². The van der Waals surface area contributed by atoms with E-state index in [0.29, 0.717) is 46.1 Å². The monoisotopic (exact) mass is 499 g/mol. The van der Waals surface area contributed by atoms with Crippen molar-refractivity contribution in [3.05, 3.63) is 48.3 Å². The second-order valence-electron chi connectivity index (χ2n) is 7.46. The summed E-state index contributed by atoms with van der Waals surface area (Å²) in [6.45, 7) is 5.90. The van der Waals surface area contributed by atoms with Crippen LogP contribution >= 0.6 is 11.8 Å². The van der Waals surface area contributed by atoms with Crippen molar-refractivity contribution in [2.45, 2.75) is 38.6 Å². The van der Waals surface area contributed by atoms with E-state index in [-0.39, 0.29) is 23.7 Å². The van der Waals surface area contributed by atoms with E-state index in [2.05, 4.69) is 20.8 Å². The number of methoxy groups -OCH3 is 2. The molecule has 0 aliphatic carbocycles. The van der Waals surface area contributed by atoms with Crippen molar-refractivity contribution in [1.82, 2.24) is 14.8 Å². The largest absolute Gasteiger partial charge is 0.497 e. The summed E-state index contributed by atoms with van der Waals surface area (Å²) in [5.41, 5.74) is 1.02. The van der Waals surface area contributed by atoms with Crippen LogP contribution in [0, 0.1) is 0 Å². The van der Waals surface area contributed by atoms with E-state index >= 15 is 0 Å². The average Bonchev–Trinajstić information content (AvgIpc) is 3.26. The Morgan fingerprint density at radius 3 is 2.51 bits per heavy atom. The molecule has 0 aliphatic heterocycles. The minimum absolute atomic E-state index is 0.130. The molecule has 0 bridgehead atoms. The number of hydrogen-bond acceptors (Lipinski definition) is 8. The Kier molecular flexibility index (Phi) is 8.96. The number of nitrogens with zero attached hydrogens (tertiary/aromatic N) is 3. The lowest BCUT2D eigenvalue weighted by atomic mass is 10.2. The van der Waals surface area contributed by atoms with Gasteiger partial charge in [-0.3, -0.25) is 9.59 Å². The predicted molar refractivity (Wildman–Crippen MR) is 134 cm³/mol. The third-order valence-corrected chi connectivity index (χ3v) is 5.87. The van der Waals surface area contributed by atoms with Crippen LogP contribution in [0.5, 0.6) is 17.2 Å². The predicted octanol–water partition coefficient (Wildman–Crippen LogP) is 4.14. The number of nitrogens with one attached hydrogen (secondary N) is 2. The number of anilines is 2. The summed E-state index contributed by atoms with van der Waals surface area (Å²) in [4.78, 5) is 24.0. The zero-order valence-electron chi connectivity index (χ0n) is 20.3. The van der Waals surface area contributed by atoms with Crippen LogP contribution in [0.3, 0.4) is 0 Å². The molecule has 1 atom stereocenters. The molecule has 0 spiro atoms. The van der Waals surface area contributed by atoms with Crippen LogP contribution in [-0.2, 0) is 16.1 Å². The van der Waals surface area contributed by atoms with Crippen molar-refractivity contribution in [1.29, 1.82) is 0 Å². The maximum absolute atomic E-state index is 12.6. The molecule has 1 aromatic heterocycles. The average molecular weight is 500 g/mol. The van der Waals surface area contributed by atoms with Crippen molar-refractivity contribution >= 4 is 35.0 Å². The molecule has 186 valence electrons. The van der Waals surface area contributed by atoms with E-state index in [0.717, 1.165) is 0 Å². The fourth-order valence-corrected chi connectivity index (χ4v) is 4.15. The summed E-state index contributed by atoms with van der Waals surface area (Å²) in [6.07, 6.45) is -0.357. The number of carbonyl (C=O) groups is 2. The molecule has 0 saturated heterocycles. The zero-order chi connectivity index (χ0) is 25.4. The molecule has 0 saturated carbocycles. The van der Waals surface area contributed by atoms with Gasteiger partial charge in [0, 0.05) is 25.2 Å². The fourth-order valence-electron chi connectivity index (χ4n) is 3.34. The summed E-state index contributed by atoms with van der Waals surface area (Å²) in [7, 11) is 3.11. The highest BCUT2D eigenvalue weighted by Gasteiger charge is 2.20. The number of ether oxygens (including phenoxy) is 3. The van der Waals surface area contributed by atoms with Crippen LogP contribution in [0.15, 0.2) is 47.6 Å². The van der Waals surface area contributed by atoms with E-state index in [4.69, 9.17) is 14.2 Å². The summed E-state index contributed by atoms with van der Waals surface area (Å²) < 4.78 is 18.4. The van der Waals surface area contributed by atoms with Crippen molar-refractivity contribution in [2.75, 3.05) is 30.6 Å². The summed E-state index contributed by atoms with van der Waals surface area (Å²) in [5.74, 6) is 2.20. The number of carbonyl (C=O) groups excluding carboxylic acids is 2. The van der Waals surface area contributed by atoms with Gasteiger partial charge in [-0.05, 0) is 44.2 Å². The lowest BCUT2D eigenvalue weighted by Crippen LogP contribution is -2.16. The van der Waals surface area contributed by atoms with Gasteiger partial charge in [0.15, 0.2) is 17.1 Å². The van der Waals surface area contributed by atoms with E-state index < -0.39 is 0 Å². The SMILES string of the molecule is CCn1c(SCC(=O)Nc2ccc(OC)c(NC(C)=O)c2)nnc1C(C)Oc1cccc(OC)c1. The van der Waals surface area contributed by atoms with Gasteiger partial charge in [0.1, 0.15) is 17.2 Å². The summed E-state index contributed by atoms with van der Waals surface area (Å²) >= 11 is 1.28. The van der Waals surface area contributed by atoms with Crippen LogP contribution in [0.1, 0.15) is 32.7 Å². The van der Waals surface area contributed by atoms with Crippen molar-refractivity contribution in [2.24, 2.45) is 0 Å². The highest BCUT2D eigenvalue weighted by Crippen LogP contribution is 2.29. The summed E-state index contributed by atoms with van der Waals surface area (Å²) in [5, 5.41) is 14.7. The highest BCUT2D eigenvalue weighted by atomic mass is 32.2. The lowest BCUT2D eigenvalue weighted by Gasteiger charge is -2.16. The van der Waals surface area contributed by atoms with Gasteiger partial charge >= 0.3 is 0 Å². The number of amides is 2. The Morgan fingerprint density at radius 2 is 1.83 bits per heavy atom. The number of rotatable bonds is 11. The number of hydrogen-bond donors (Lipinski definition) is 2. The normalized spacial score (nSPS) is 11.5. The topological polar surface area (TPSA) is 117 Å². The molecule has 10 nitrogen and oxygen atoms in total. The van der Waals surface area contributed by atoms with Gasteiger partial charge in [-0.15, -0.1) is 10.2 Å². The molecule has 3 rings (SSSR count). The van der Waals surface area contributed by atoms with Gasteiger partial charge in [-0.25, -0.2) is 0 Å². The molecular weight excluding hydrogens is 470 g/mol. The first-order valence-electron chi connectivity index (χ1n) is 11.0. The Bertz CT molecular complexity index is 1180. The third-order valence-electron chi connectivity index (χ3n) is 4.91. The van der Waals surface area contributed by atoms with Crippen LogP contribution in [-0.4, -0.2) is 46.6 Å². The Morgan fingerprint density at radius 1 is 1.06 bits per heavy atom. The van der Waals surface area contributed by atoms with E-state index in [1.807, 2.05) is 36.6 Å². The first-order chi connectivity index (χ1) is 16.8. The first-order valence-corrected chi connectivity index (χ1v) is 11.9. The van der Waals surface area contributed by atoms with Gasteiger partial charge in [-0.1, -0.05) is 17.8 Å². The standard InChI is InChI=1S/C24H29N5O5S/c1-6-29-23(15(2)34-19-9-7-8-18(13-19)32-4)27-28-24(29)35-14-22(31)26-17-10-11-21(33-5)20(12-17)25-16(3)30/h7-13,15H,6,14H2,1-5H3,(H,25,30)(H,26,31). The van der Waals surface area contributed by atoms with Crippen LogP contribution < -0.4 is 24.8 Å². The molecule has 35 heavy (non-hydrogen) atoms. The van der Waals surface area contributed by atoms with Gasteiger partial charge in [0.05, 0.1) is 25.7 Å². The first kappa shape index (κ1) is 25.9. The smallest absolute Gasteiger partial charge is 0.234 e. The molecule has 3 aromatic rings. The maximum Gasteiger partial charge on any atom is 0.234 e. The molecule has 2 N–H and O–H groups in total. The molecule has 11 heteroatoms. The minimum atomic E-state index is -0.357. The number of aromatic nitrogens is 3. The molecule has 0 radical (unpaired) electrons. The van der Waals surface area contributed by atoms with Crippen LogP contribution in [0.25, 0.3) is 0 Å². The van der Waals surface area contributed by atoms with Gasteiger partial charge in [-0.2, -0.15) is 0 Å². The van der Waals surface area contributed by atoms with Crippen molar-refractivity contribution in [3.8, 4) is 17.2 Å². The molecule has 2 amide bonds. The van der Waals surface area contributed by atoms with Gasteiger partial charge < -0.3 is 29.4 Å². The number of thioether (sulfide) groups is 1. The lowest BCUT2D eigenvalue weighted by molar-refractivity contribution is -0.114. The van der Waals surface area contributed by atoms with Gasteiger partial charge in [0.25, 0.3) is 0 Å². The van der Waals surface area contributed by atoms with Crippen molar-refractivity contribution in [3.63, 3.8) is 0 Å². The zero-order valence-corrected chi connectivity index (χ0v) is 21.1. The molecule has 1 heterocycles. The third kappa shape index (κ3) is 6.89. The number of benzene rings is 2. The van der Waals surface area contributed by atoms with E-state index in [1.54, 1.807) is 31.4 Å². The van der Waals surface area contributed by atoms with Crippen molar-refractivity contribution < 1.29 is 23.8 Å².